The first-order valence-corrected chi connectivity index (χ1v) is 15.8. The number of carbonyl (C=O) groups excluding carboxylic acids is 2. The highest BCUT2D eigenvalue weighted by Crippen LogP contribution is 2.25. The third-order valence-electron chi connectivity index (χ3n) is 6.94. The van der Waals surface area contributed by atoms with Crippen molar-refractivity contribution in [2.24, 2.45) is 0 Å². The van der Waals surface area contributed by atoms with E-state index in [1.54, 1.807) is 53.4 Å². The summed E-state index contributed by atoms with van der Waals surface area (Å²) in [5.41, 5.74) is 1.56. The number of sulfonamides is 1. The van der Waals surface area contributed by atoms with Gasteiger partial charge in [0.15, 0.2) is 0 Å². The number of amides is 2. The Labute approximate surface area is 253 Å². The Kier molecular flexibility index (Phi) is 12.2. The molecule has 3 aromatic carbocycles. The van der Waals surface area contributed by atoms with E-state index < -0.39 is 16.1 Å². The molecule has 220 valence electrons. The van der Waals surface area contributed by atoms with Crippen LogP contribution in [0.2, 0.25) is 10.0 Å². The molecule has 2 atom stereocenters. The second kappa shape index (κ2) is 15.4. The maximum atomic E-state index is 13.8. The van der Waals surface area contributed by atoms with E-state index in [4.69, 9.17) is 23.2 Å². The normalized spacial score (nSPS) is 13.0. The van der Waals surface area contributed by atoms with Gasteiger partial charge < -0.3 is 10.2 Å². The summed E-state index contributed by atoms with van der Waals surface area (Å²) in [6.45, 7) is 4.13. The largest absolute Gasteiger partial charge is 0.352 e. The molecule has 0 unspecified atom stereocenters. The number of benzene rings is 3. The molecule has 3 aromatic rings. The zero-order chi connectivity index (χ0) is 30.0. The molecule has 1 N–H and O–H groups in total. The van der Waals surface area contributed by atoms with Crippen molar-refractivity contribution in [2.45, 2.75) is 63.1 Å². The summed E-state index contributed by atoms with van der Waals surface area (Å²) in [7, 11) is -2.19. The third-order valence-corrected chi connectivity index (χ3v) is 9.40. The number of nitrogens with one attached hydrogen (secondary N) is 1. The smallest absolute Gasteiger partial charge is 0.243 e. The lowest BCUT2D eigenvalue weighted by Gasteiger charge is -2.33. The average molecular weight is 619 g/mol. The van der Waals surface area contributed by atoms with Crippen LogP contribution in [0.25, 0.3) is 0 Å². The van der Waals surface area contributed by atoms with Crippen molar-refractivity contribution >= 4 is 45.0 Å². The Morgan fingerprint density at radius 1 is 0.951 bits per heavy atom. The number of rotatable bonds is 14. The summed E-state index contributed by atoms with van der Waals surface area (Å²) >= 11 is 12.6. The molecule has 0 radical (unpaired) electrons. The molecule has 2 amide bonds. The molecule has 3 rings (SSSR count). The van der Waals surface area contributed by atoms with Crippen LogP contribution < -0.4 is 5.32 Å². The number of hydrogen-bond donors (Lipinski definition) is 1. The molecular formula is C31H37Cl2N3O4S. The van der Waals surface area contributed by atoms with Crippen LogP contribution in [0.3, 0.4) is 0 Å². The van der Waals surface area contributed by atoms with E-state index in [9.17, 15) is 18.0 Å². The molecule has 41 heavy (non-hydrogen) atoms. The third kappa shape index (κ3) is 9.30. The van der Waals surface area contributed by atoms with Crippen LogP contribution in [0.1, 0.15) is 44.2 Å². The Morgan fingerprint density at radius 3 is 2.20 bits per heavy atom. The van der Waals surface area contributed by atoms with E-state index in [2.05, 4.69) is 5.32 Å². The van der Waals surface area contributed by atoms with Crippen molar-refractivity contribution in [1.82, 2.24) is 14.5 Å². The van der Waals surface area contributed by atoms with Crippen LogP contribution >= 0.6 is 23.2 Å². The first-order valence-electron chi connectivity index (χ1n) is 13.6. The summed E-state index contributed by atoms with van der Waals surface area (Å²) in [5.74, 6) is -0.535. The van der Waals surface area contributed by atoms with Gasteiger partial charge in [0.05, 0.1) is 4.90 Å². The maximum absolute atomic E-state index is 13.8. The molecule has 0 bridgehead atoms. The Balaban J connectivity index is 1.86. The molecule has 0 aliphatic heterocycles. The van der Waals surface area contributed by atoms with Gasteiger partial charge in [-0.1, -0.05) is 84.7 Å². The predicted octanol–water partition coefficient (Wildman–Crippen LogP) is 5.95. The first-order chi connectivity index (χ1) is 19.5. The van der Waals surface area contributed by atoms with Crippen molar-refractivity contribution in [3.05, 3.63) is 100 Å². The van der Waals surface area contributed by atoms with Crippen molar-refractivity contribution in [3.63, 3.8) is 0 Å². The Bertz CT molecular complexity index is 1410. The fraction of sp³-hybridized carbons (Fsp3) is 0.355. The molecule has 0 fully saturated rings. The van der Waals surface area contributed by atoms with E-state index in [-0.39, 0.29) is 48.7 Å². The monoisotopic (exact) mass is 617 g/mol. The van der Waals surface area contributed by atoms with Gasteiger partial charge in [0.2, 0.25) is 21.8 Å². The lowest BCUT2D eigenvalue weighted by atomic mass is 10.0. The van der Waals surface area contributed by atoms with Gasteiger partial charge >= 0.3 is 0 Å². The van der Waals surface area contributed by atoms with E-state index in [1.807, 2.05) is 44.2 Å². The number of carbonyl (C=O) groups is 2. The molecule has 7 nitrogen and oxygen atoms in total. The highest BCUT2D eigenvalue weighted by molar-refractivity contribution is 7.89. The number of nitrogens with zero attached hydrogens (tertiary/aromatic N) is 2. The highest BCUT2D eigenvalue weighted by atomic mass is 35.5. The summed E-state index contributed by atoms with van der Waals surface area (Å²) in [4.78, 5) is 29.2. The highest BCUT2D eigenvalue weighted by Gasteiger charge is 2.31. The van der Waals surface area contributed by atoms with Gasteiger partial charge in [-0.05, 0) is 55.2 Å². The van der Waals surface area contributed by atoms with Gasteiger partial charge in [-0.2, -0.15) is 0 Å². The standard InChI is InChI=1S/C31H37Cl2N3O4S/c1-4-23(2)34-31(38)29(20-24-12-7-5-8-13-24)36(22-25-17-18-26(32)21-28(25)33)30(37)16-11-19-35(3)41(39,40)27-14-9-6-10-15-27/h5-10,12-15,17-18,21,23,29H,4,11,16,19-20,22H2,1-3H3,(H,34,38)/t23-,29+/m1/s1. The van der Waals surface area contributed by atoms with Gasteiger partial charge in [0, 0.05) is 49.1 Å². The first kappa shape index (κ1) is 32.6. The lowest BCUT2D eigenvalue weighted by Crippen LogP contribution is -2.52. The summed E-state index contributed by atoms with van der Waals surface area (Å²) in [6, 6.07) is 21.9. The van der Waals surface area contributed by atoms with Crippen molar-refractivity contribution in [2.75, 3.05) is 13.6 Å². The molecular weight excluding hydrogens is 581 g/mol. The van der Waals surface area contributed by atoms with Crippen molar-refractivity contribution in [1.29, 1.82) is 0 Å². The molecule has 0 aliphatic carbocycles. The van der Waals surface area contributed by atoms with Gasteiger partial charge in [-0.15, -0.1) is 0 Å². The van der Waals surface area contributed by atoms with Gasteiger partial charge in [-0.25, -0.2) is 12.7 Å². The number of halogens is 2. The molecule has 0 saturated heterocycles. The zero-order valence-corrected chi connectivity index (χ0v) is 25.9. The summed E-state index contributed by atoms with van der Waals surface area (Å²) in [6.07, 6.45) is 1.37. The second-order valence-corrected chi connectivity index (χ2v) is 12.9. The van der Waals surface area contributed by atoms with Crippen LogP contribution in [0.4, 0.5) is 0 Å². The van der Waals surface area contributed by atoms with Gasteiger partial charge in [-0.3, -0.25) is 9.59 Å². The second-order valence-electron chi connectivity index (χ2n) is 10.0. The topological polar surface area (TPSA) is 86.8 Å². The summed E-state index contributed by atoms with van der Waals surface area (Å²) < 4.78 is 27.1. The zero-order valence-electron chi connectivity index (χ0n) is 23.6. The predicted molar refractivity (Wildman–Crippen MR) is 164 cm³/mol. The fourth-order valence-electron chi connectivity index (χ4n) is 4.32. The van der Waals surface area contributed by atoms with E-state index in [1.165, 1.54) is 11.4 Å². The molecule has 0 aliphatic rings. The molecule has 0 heterocycles. The van der Waals surface area contributed by atoms with Crippen LogP contribution in [0.15, 0.2) is 83.8 Å². The van der Waals surface area contributed by atoms with Crippen LogP contribution in [-0.2, 0) is 32.6 Å². The Morgan fingerprint density at radius 2 is 1.59 bits per heavy atom. The van der Waals surface area contributed by atoms with Gasteiger partial charge in [0.1, 0.15) is 6.04 Å². The van der Waals surface area contributed by atoms with Crippen molar-refractivity contribution in [3.8, 4) is 0 Å². The van der Waals surface area contributed by atoms with Crippen LogP contribution in [-0.4, -0.2) is 55.1 Å². The van der Waals surface area contributed by atoms with Crippen LogP contribution in [0.5, 0.6) is 0 Å². The minimum absolute atomic E-state index is 0.0434. The molecule has 10 heteroatoms. The quantitative estimate of drug-likeness (QED) is 0.242. The Hall–Kier alpha value is -2.91. The molecule has 0 spiro atoms. The van der Waals surface area contributed by atoms with Crippen molar-refractivity contribution < 1.29 is 18.0 Å². The van der Waals surface area contributed by atoms with E-state index >= 15 is 0 Å². The molecule has 0 aromatic heterocycles. The maximum Gasteiger partial charge on any atom is 0.243 e. The molecule has 0 saturated carbocycles. The fourth-order valence-corrected chi connectivity index (χ4v) is 6.02. The average Bonchev–Trinajstić information content (AvgIpc) is 2.96. The lowest BCUT2D eigenvalue weighted by molar-refractivity contribution is -0.141. The summed E-state index contributed by atoms with van der Waals surface area (Å²) in [5, 5.41) is 3.89. The SMILES string of the molecule is CC[C@@H](C)NC(=O)[C@H](Cc1ccccc1)N(Cc1ccc(Cl)cc1Cl)C(=O)CCCN(C)S(=O)(=O)c1ccccc1. The van der Waals surface area contributed by atoms with E-state index in [0.717, 1.165) is 12.0 Å². The van der Waals surface area contributed by atoms with Crippen LogP contribution in [0, 0.1) is 0 Å². The minimum atomic E-state index is -3.69. The van der Waals surface area contributed by atoms with Gasteiger partial charge in [0.25, 0.3) is 0 Å². The van der Waals surface area contributed by atoms with E-state index in [0.29, 0.717) is 22.0 Å². The minimum Gasteiger partial charge on any atom is -0.352 e. The number of hydrogen-bond acceptors (Lipinski definition) is 4.